The number of hydrogen-bond donors (Lipinski definition) is 3. The van der Waals surface area contributed by atoms with Gasteiger partial charge >= 0.3 is 0 Å². The molecule has 0 saturated carbocycles. The van der Waals surface area contributed by atoms with Crippen molar-refractivity contribution < 1.29 is 24.5 Å². The van der Waals surface area contributed by atoms with Crippen LogP contribution in [0.2, 0.25) is 0 Å². The normalized spacial score (nSPS) is 11.4. The standard InChI is InChI=1S/C16H23NO5/c1-9(2)15(21)14-11(19)6-10(18)7-12(14)22-8-13(20)17-16(3,4)5/h6-7,9,18-19H,8H2,1-5H3,(H,17,20). The Morgan fingerprint density at radius 1 is 1.23 bits per heavy atom. The first-order chi connectivity index (χ1) is 10.0. The molecule has 6 nitrogen and oxygen atoms in total. The van der Waals surface area contributed by atoms with Crippen LogP contribution in [-0.2, 0) is 4.79 Å². The van der Waals surface area contributed by atoms with Crippen LogP contribution in [-0.4, -0.2) is 34.0 Å². The van der Waals surface area contributed by atoms with Crippen LogP contribution in [0.4, 0.5) is 0 Å². The third kappa shape index (κ3) is 4.95. The van der Waals surface area contributed by atoms with Gasteiger partial charge in [0.15, 0.2) is 12.4 Å². The molecular weight excluding hydrogens is 286 g/mol. The van der Waals surface area contributed by atoms with E-state index in [0.717, 1.165) is 6.07 Å². The summed E-state index contributed by atoms with van der Waals surface area (Å²) in [6.45, 7) is 8.55. The van der Waals surface area contributed by atoms with Gasteiger partial charge in [-0.3, -0.25) is 9.59 Å². The van der Waals surface area contributed by atoms with E-state index in [1.807, 2.05) is 20.8 Å². The highest BCUT2D eigenvalue weighted by Crippen LogP contribution is 2.34. The number of Topliss-reactive ketones (excluding diaryl/α,β-unsaturated/α-hetero) is 1. The molecule has 3 N–H and O–H groups in total. The van der Waals surface area contributed by atoms with Gasteiger partial charge in [-0.15, -0.1) is 0 Å². The van der Waals surface area contributed by atoms with E-state index in [2.05, 4.69) is 5.32 Å². The summed E-state index contributed by atoms with van der Waals surface area (Å²) in [5.74, 6) is -1.68. The van der Waals surface area contributed by atoms with Crippen LogP contribution < -0.4 is 10.1 Å². The highest BCUT2D eigenvalue weighted by molar-refractivity contribution is 6.02. The molecule has 22 heavy (non-hydrogen) atoms. The molecule has 0 aliphatic rings. The van der Waals surface area contributed by atoms with Crippen molar-refractivity contribution in [2.75, 3.05) is 6.61 Å². The average Bonchev–Trinajstić information content (AvgIpc) is 2.32. The Bertz CT molecular complexity index is 573. The molecule has 0 bridgehead atoms. The Labute approximate surface area is 130 Å². The van der Waals surface area contributed by atoms with E-state index >= 15 is 0 Å². The highest BCUT2D eigenvalue weighted by atomic mass is 16.5. The molecule has 0 radical (unpaired) electrons. The van der Waals surface area contributed by atoms with Gasteiger partial charge in [0.2, 0.25) is 0 Å². The number of ether oxygens (including phenoxy) is 1. The highest BCUT2D eigenvalue weighted by Gasteiger charge is 2.22. The molecule has 0 saturated heterocycles. The molecular formula is C16H23NO5. The van der Waals surface area contributed by atoms with E-state index in [4.69, 9.17) is 4.74 Å². The molecule has 1 aromatic rings. The summed E-state index contributed by atoms with van der Waals surface area (Å²) < 4.78 is 5.32. The van der Waals surface area contributed by atoms with E-state index in [1.165, 1.54) is 6.07 Å². The molecule has 0 aromatic heterocycles. The second kappa shape index (κ2) is 6.68. The zero-order valence-electron chi connectivity index (χ0n) is 13.6. The Balaban J connectivity index is 2.99. The van der Waals surface area contributed by atoms with Crippen molar-refractivity contribution in [2.45, 2.75) is 40.2 Å². The van der Waals surface area contributed by atoms with Gasteiger partial charge in [-0.25, -0.2) is 0 Å². The van der Waals surface area contributed by atoms with Crippen molar-refractivity contribution in [3.8, 4) is 17.2 Å². The number of ketones is 1. The van der Waals surface area contributed by atoms with Crippen LogP contribution in [0.3, 0.4) is 0 Å². The molecule has 0 aliphatic heterocycles. The molecule has 0 heterocycles. The fraction of sp³-hybridized carbons (Fsp3) is 0.500. The summed E-state index contributed by atoms with van der Waals surface area (Å²) in [5.41, 5.74) is -0.436. The molecule has 1 amide bonds. The summed E-state index contributed by atoms with van der Waals surface area (Å²) in [6.07, 6.45) is 0. The Morgan fingerprint density at radius 2 is 1.82 bits per heavy atom. The van der Waals surface area contributed by atoms with E-state index in [0.29, 0.717) is 0 Å². The van der Waals surface area contributed by atoms with Crippen LogP contribution in [0.1, 0.15) is 45.0 Å². The topological polar surface area (TPSA) is 95.9 Å². The van der Waals surface area contributed by atoms with E-state index in [-0.39, 0.29) is 47.0 Å². The van der Waals surface area contributed by atoms with Crippen LogP contribution in [0.15, 0.2) is 12.1 Å². The first-order valence-electron chi connectivity index (χ1n) is 7.05. The lowest BCUT2D eigenvalue weighted by Crippen LogP contribution is -2.43. The van der Waals surface area contributed by atoms with Crippen molar-refractivity contribution in [1.29, 1.82) is 0 Å². The number of nitrogens with one attached hydrogen (secondary N) is 1. The SMILES string of the molecule is CC(C)C(=O)c1c(O)cc(O)cc1OCC(=O)NC(C)(C)C. The van der Waals surface area contributed by atoms with Gasteiger partial charge in [-0.05, 0) is 20.8 Å². The zero-order chi connectivity index (χ0) is 17.1. The molecule has 0 unspecified atom stereocenters. The summed E-state index contributed by atoms with van der Waals surface area (Å²) in [4.78, 5) is 23.9. The van der Waals surface area contributed by atoms with Gasteiger partial charge in [-0.1, -0.05) is 13.8 Å². The quantitative estimate of drug-likeness (QED) is 0.725. The lowest BCUT2D eigenvalue weighted by Gasteiger charge is -2.21. The van der Waals surface area contributed by atoms with Gasteiger partial charge < -0.3 is 20.3 Å². The summed E-state index contributed by atoms with van der Waals surface area (Å²) in [6, 6.07) is 2.28. The maximum Gasteiger partial charge on any atom is 0.258 e. The van der Waals surface area contributed by atoms with E-state index in [1.54, 1.807) is 13.8 Å². The molecule has 0 fully saturated rings. The number of phenols is 2. The van der Waals surface area contributed by atoms with Gasteiger partial charge in [0.1, 0.15) is 22.8 Å². The predicted molar refractivity (Wildman–Crippen MR) is 82.3 cm³/mol. The van der Waals surface area contributed by atoms with Crippen LogP contribution >= 0.6 is 0 Å². The lowest BCUT2D eigenvalue weighted by atomic mass is 9.99. The molecule has 0 aliphatic carbocycles. The van der Waals surface area contributed by atoms with Gasteiger partial charge in [0.25, 0.3) is 5.91 Å². The minimum Gasteiger partial charge on any atom is -0.508 e. The Kier molecular flexibility index (Phi) is 5.41. The summed E-state index contributed by atoms with van der Waals surface area (Å²) in [7, 11) is 0. The van der Waals surface area contributed by atoms with Crippen molar-refractivity contribution >= 4 is 11.7 Å². The second-order valence-corrected chi connectivity index (χ2v) is 6.44. The van der Waals surface area contributed by atoms with E-state index in [9.17, 15) is 19.8 Å². The number of phenolic OH excluding ortho intramolecular Hbond substituents is 2. The van der Waals surface area contributed by atoms with Gasteiger partial charge in [-0.2, -0.15) is 0 Å². The number of carbonyl (C=O) groups is 2. The number of hydrogen-bond acceptors (Lipinski definition) is 5. The first kappa shape index (κ1) is 17.8. The molecule has 0 atom stereocenters. The van der Waals surface area contributed by atoms with Crippen molar-refractivity contribution in [2.24, 2.45) is 5.92 Å². The fourth-order valence-electron chi connectivity index (χ4n) is 1.83. The smallest absolute Gasteiger partial charge is 0.258 e. The van der Waals surface area contributed by atoms with Crippen LogP contribution in [0.25, 0.3) is 0 Å². The molecule has 1 aromatic carbocycles. The summed E-state index contributed by atoms with van der Waals surface area (Å²) >= 11 is 0. The molecule has 0 spiro atoms. The summed E-state index contributed by atoms with van der Waals surface area (Å²) in [5, 5.41) is 22.1. The van der Waals surface area contributed by atoms with Gasteiger partial charge in [0, 0.05) is 23.6 Å². The molecule has 6 heteroatoms. The van der Waals surface area contributed by atoms with E-state index < -0.39 is 5.54 Å². The number of amides is 1. The minimum absolute atomic E-state index is 0.0136. The largest absolute Gasteiger partial charge is 0.508 e. The maximum atomic E-state index is 12.1. The molecule has 1 rings (SSSR count). The number of aromatic hydroxyl groups is 2. The van der Waals surface area contributed by atoms with Crippen molar-refractivity contribution in [3.63, 3.8) is 0 Å². The zero-order valence-corrected chi connectivity index (χ0v) is 13.6. The Hall–Kier alpha value is -2.24. The van der Waals surface area contributed by atoms with Crippen molar-refractivity contribution in [3.05, 3.63) is 17.7 Å². The van der Waals surface area contributed by atoms with Crippen LogP contribution in [0, 0.1) is 5.92 Å². The van der Waals surface area contributed by atoms with Crippen molar-refractivity contribution in [1.82, 2.24) is 5.32 Å². The molecule has 122 valence electrons. The number of rotatable bonds is 5. The minimum atomic E-state index is -0.405. The predicted octanol–water partition coefficient (Wildman–Crippen LogP) is 2.23. The number of benzene rings is 1. The van der Waals surface area contributed by atoms with Crippen LogP contribution in [0.5, 0.6) is 17.2 Å². The van der Waals surface area contributed by atoms with Gasteiger partial charge in [0.05, 0.1) is 0 Å². The average molecular weight is 309 g/mol. The fourth-order valence-corrected chi connectivity index (χ4v) is 1.83. The lowest BCUT2D eigenvalue weighted by molar-refractivity contribution is -0.124. The third-order valence-corrected chi connectivity index (χ3v) is 2.71. The first-order valence-corrected chi connectivity index (χ1v) is 7.05. The third-order valence-electron chi connectivity index (χ3n) is 2.71. The second-order valence-electron chi connectivity index (χ2n) is 6.44. The number of carbonyl (C=O) groups excluding carboxylic acids is 2. The Morgan fingerprint density at radius 3 is 2.32 bits per heavy atom. The maximum absolute atomic E-state index is 12.1. The monoisotopic (exact) mass is 309 g/mol.